The number of aryl methyl sites for hydroxylation is 1. The van der Waals surface area contributed by atoms with Gasteiger partial charge in [0.2, 0.25) is 9.84 Å². The second kappa shape index (κ2) is 8.18. The molecule has 11 heteroatoms. The first kappa shape index (κ1) is 20.7. The fraction of sp³-hybridized carbons (Fsp3) is 0.167. The standard InChI is InChI=1S/C18H16ClFN4O4S/c1-11-3-2-4-14(17(11)20)24-16(9-12(23-24)7-8-21-18(25)26)29(27,28)13-5-6-15(19)22-10-13/h2-6,9-10,21H,7-8H2,1H3,(H,25,26). The number of carbonyl (C=O) groups is 1. The number of nitrogens with zero attached hydrogens (tertiary/aromatic N) is 3. The summed E-state index contributed by atoms with van der Waals surface area (Å²) in [7, 11) is -4.11. The van der Waals surface area contributed by atoms with Gasteiger partial charge in [0.1, 0.15) is 10.8 Å². The van der Waals surface area contributed by atoms with Gasteiger partial charge in [-0.2, -0.15) is 5.10 Å². The number of carboxylic acid groups (broad SMARTS) is 1. The lowest BCUT2D eigenvalue weighted by atomic mass is 10.2. The summed E-state index contributed by atoms with van der Waals surface area (Å²) in [5.41, 5.74) is 0.562. The van der Waals surface area contributed by atoms with E-state index in [1.54, 1.807) is 19.1 Å². The summed E-state index contributed by atoms with van der Waals surface area (Å²) < 4.78 is 42.0. The molecule has 0 saturated heterocycles. The zero-order valence-corrected chi connectivity index (χ0v) is 16.7. The highest BCUT2D eigenvalue weighted by atomic mass is 35.5. The maximum Gasteiger partial charge on any atom is 0.404 e. The van der Waals surface area contributed by atoms with Crippen LogP contribution >= 0.6 is 11.6 Å². The Morgan fingerprint density at radius 2 is 2.07 bits per heavy atom. The monoisotopic (exact) mass is 438 g/mol. The van der Waals surface area contributed by atoms with Crippen LogP contribution in [0, 0.1) is 12.7 Å². The molecule has 1 amide bonds. The summed E-state index contributed by atoms with van der Waals surface area (Å²) in [5, 5.41) is 14.9. The molecule has 0 aliphatic carbocycles. The van der Waals surface area contributed by atoms with Gasteiger partial charge in [-0.15, -0.1) is 0 Å². The quantitative estimate of drug-likeness (QED) is 0.572. The molecule has 2 heterocycles. The van der Waals surface area contributed by atoms with Crippen LogP contribution in [0.2, 0.25) is 5.15 Å². The van der Waals surface area contributed by atoms with E-state index in [1.807, 2.05) is 0 Å². The average molecular weight is 439 g/mol. The number of rotatable bonds is 6. The molecule has 2 N–H and O–H groups in total. The smallest absolute Gasteiger partial charge is 0.404 e. The molecule has 0 spiro atoms. The van der Waals surface area contributed by atoms with Gasteiger partial charge in [-0.3, -0.25) is 0 Å². The summed E-state index contributed by atoms with van der Waals surface area (Å²) in [4.78, 5) is 14.3. The number of sulfone groups is 1. The third-order valence-corrected chi connectivity index (χ3v) is 6.00. The highest BCUT2D eigenvalue weighted by Gasteiger charge is 2.26. The highest BCUT2D eigenvalue weighted by molar-refractivity contribution is 7.91. The molecule has 152 valence electrons. The van der Waals surface area contributed by atoms with Gasteiger partial charge in [-0.1, -0.05) is 23.7 Å². The molecule has 1 aromatic carbocycles. The predicted octanol–water partition coefficient (Wildman–Crippen LogP) is 3.01. The third kappa shape index (κ3) is 4.38. The Bertz CT molecular complexity index is 1160. The van der Waals surface area contributed by atoms with Crippen molar-refractivity contribution in [3.63, 3.8) is 0 Å². The SMILES string of the molecule is Cc1cccc(-n2nc(CCNC(=O)O)cc2S(=O)(=O)c2ccc(Cl)nc2)c1F. The van der Waals surface area contributed by atoms with Crippen molar-refractivity contribution in [1.82, 2.24) is 20.1 Å². The molecule has 0 aliphatic heterocycles. The van der Waals surface area contributed by atoms with E-state index in [-0.39, 0.29) is 39.4 Å². The summed E-state index contributed by atoms with van der Waals surface area (Å²) in [5.74, 6) is -0.614. The number of hydrogen-bond acceptors (Lipinski definition) is 5. The predicted molar refractivity (Wildman–Crippen MR) is 103 cm³/mol. The Morgan fingerprint density at radius 3 is 2.72 bits per heavy atom. The largest absolute Gasteiger partial charge is 0.465 e. The average Bonchev–Trinajstić information content (AvgIpc) is 3.09. The maximum absolute atomic E-state index is 14.7. The topological polar surface area (TPSA) is 114 Å². The number of hydrogen-bond donors (Lipinski definition) is 2. The molecular weight excluding hydrogens is 423 g/mol. The number of amides is 1. The van der Waals surface area contributed by atoms with Gasteiger partial charge in [0.15, 0.2) is 10.8 Å². The molecule has 0 saturated carbocycles. The molecule has 3 aromatic rings. The molecule has 0 atom stereocenters. The van der Waals surface area contributed by atoms with Crippen LogP contribution in [0.4, 0.5) is 9.18 Å². The molecule has 8 nitrogen and oxygen atoms in total. The molecule has 0 radical (unpaired) electrons. The van der Waals surface area contributed by atoms with Crippen LogP contribution < -0.4 is 5.32 Å². The lowest BCUT2D eigenvalue weighted by molar-refractivity contribution is 0.194. The summed E-state index contributed by atoms with van der Waals surface area (Å²) in [6.45, 7) is 1.57. The van der Waals surface area contributed by atoms with Crippen LogP contribution in [0.5, 0.6) is 0 Å². The highest BCUT2D eigenvalue weighted by Crippen LogP contribution is 2.27. The first-order valence-corrected chi connectivity index (χ1v) is 10.2. The number of aromatic nitrogens is 3. The van der Waals surface area contributed by atoms with E-state index in [2.05, 4.69) is 15.4 Å². The van der Waals surface area contributed by atoms with Crippen LogP contribution in [-0.4, -0.2) is 40.9 Å². The van der Waals surface area contributed by atoms with Crippen molar-refractivity contribution < 1.29 is 22.7 Å². The molecule has 0 fully saturated rings. The summed E-state index contributed by atoms with van der Waals surface area (Å²) in [6, 6.07) is 8.46. The molecule has 0 unspecified atom stereocenters. The molecule has 3 rings (SSSR count). The second-order valence-corrected chi connectivity index (χ2v) is 8.38. The Balaban J connectivity index is 2.13. The van der Waals surface area contributed by atoms with Crippen LogP contribution in [0.1, 0.15) is 11.3 Å². The van der Waals surface area contributed by atoms with Crippen molar-refractivity contribution in [3.8, 4) is 5.69 Å². The van der Waals surface area contributed by atoms with E-state index >= 15 is 0 Å². The van der Waals surface area contributed by atoms with E-state index in [9.17, 15) is 17.6 Å². The normalized spacial score (nSPS) is 11.4. The number of benzene rings is 1. The Morgan fingerprint density at radius 1 is 1.31 bits per heavy atom. The van der Waals surface area contributed by atoms with Crippen LogP contribution in [0.25, 0.3) is 5.69 Å². The zero-order valence-electron chi connectivity index (χ0n) is 15.1. The fourth-order valence-corrected chi connectivity index (χ4v) is 4.08. The minimum absolute atomic E-state index is 0.0185. The molecule has 2 aromatic heterocycles. The molecule has 29 heavy (non-hydrogen) atoms. The minimum Gasteiger partial charge on any atom is -0.465 e. The summed E-state index contributed by atoms with van der Waals surface area (Å²) in [6.07, 6.45) is 0.00994. The molecular formula is C18H16ClFN4O4S. The number of halogens is 2. The van der Waals surface area contributed by atoms with Crippen molar-refractivity contribution in [2.24, 2.45) is 0 Å². The van der Waals surface area contributed by atoms with Crippen LogP contribution in [-0.2, 0) is 16.3 Å². The minimum atomic E-state index is -4.11. The first-order valence-electron chi connectivity index (χ1n) is 8.38. The Kier molecular flexibility index (Phi) is 5.85. The van der Waals surface area contributed by atoms with Gasteiger partial charge in [-0.25, -0.2) is 27.3 Å². The summed E-state index contributed by atoms with van der Waals surface area (Å²) >= 11 is 5.73. The van der Waals surface area contributed by atoms with E-state index in [1.165, 1.54) is 24.3 Å². The van der Waals surface area contributed by atoms with Gasteiger partial charge in [0.25, 0.3) is 0 Å². The maximum atomic E-state index is 14.7. The van der Waals surface area contributed by atoms with Gasteiger partial charge < -0.3 is 10.4 Å². The van der Waals surface area contributed by atoms with E-state index in [0.29, 0.717) is 5.56 Å². The van der Waals surface area contributed by atoms with Crippen molar-refractivity contribution in [2.45, 2.75) is 23.3 Å². The Hall–Kier alpha value is -2.98. The van der Waals surface area contributed by atoms with Gasteiger partial charge in [0.05, 0.1) is 10.6 Å². The molecule has 0 bridgehead atoms. The van der Waals surface area contributed by atoms with Crippen molar-refractivity contribution >= 4 is 27.5 Å². The van der Waals surface area contributed by atoms with Crippen molar-refractivity contribution in [2.75, 3.05) is 6.54 Å². The van der Waals surface area contributed by atoms with Gasteiger partial charge in [0, 0.05) is 19.2 Å². The van der Waals surface area contributed by atoms with Gasteiger partial charge >= 0.3 is 6.09 Å². The van der Waals surface area contributed by atoms with E-state index in [0.717, 1.165) is 10.9 Å². The van der Waals surface area contributed by atoms with Gasteiger partial charge in [-0.05, 0) is 36.8 Å². The lowest BCUT2D eigenvalue weighted by Crippen LogP contribution is -2.23. The van der Waals surface area contributed by atoms with E-state index in [4.69, 9.17) is 16.7 Å². The van der Waals surface area contributed by atoms with Crippen molar-refractivity contribution in [3.05, 3.63) is 64.8 Å². The number of pyridine rings is 1. The second-order valence-electron chi connectivity index (χ2n) is 6.10. The van der Waals surface area contributed by atoms with Crippen molar-refractivity contribution in [1.29, 1.82) is 0 Å². The van der Waals surface area contributed by atoms with E-state index < -0.39 is 21.7 Å². The lowest BCUT2D eigenvalue weighted by Gasteiger charge is -2.10. The van der Waals surface area contributed by atoms with Crippen LogP contribution in [0.15, 0.2) is 52.5 Å². The zero-order chi connectivity index (χ0) is 21.2. The third-order valence-electron chi connectivity index (χ3n) is 4.07. The fourth-order valence-electron chi connectivity index (χ4n) is 2.63. The molecule has 0 aliphatic rings. The van der Waals surface area contributed by atoms with Crippen LogP contribution in [0.3, 0.4) is 0 Å². The number of nitrogens with one attached hydrogen (secondary N) is 1. The first-order chi connectivity index (χ1) is 13.7. The Labute approximate surface area is 170 Å².